The molecule has 0 radical (unpaired) electrons. The van der Waals surface area contributed by atoms with Gasteiger partial charge in [0.25, 0.3) is 0 Å². The quantitative estimate of drug-likeness (QED) is 0.897. The average Bonchev–Trinajstić information content (AvgIpc) is 2.69. The second-order valence-corrected chi connectivity index (χ2v) is 6.30. The number of rotatable bonds is 5. The van der Waals surface area contributed by atoms with Crippen LogP contribution in [0.25, 0.3) is 0 Å². The molecule has 1 aromatic rings. The summed E-state index contributed by atoms with van der Waals surface area (Å²) in [5.41, 5.74) is 6.90. The third kappa shape index (κ3) is 2.99. The number of ether oxygens (including phenoxy) is 1. The number of piperidine rings is 1. The van der Waals surface area contributed by atoms with Crippen LogP contribution in [0.5, 0.6) is 5.75 Å². The van der Waals surface area contributed by atoms with Crippen LogP contribution in [0.15, 0.2) is 24.3 Å². The summed E-state index contributed by atoms with van der Waals surface area (Å²) in [6, 6.07) is 10.1. The van der Waals surface area contributed by atoms with Crippen LogP contribution in [0.2, 0.25) is 0 Å². The van der Waals surface area contributed by atoms with Gasteiger partial charge in [-0.2, -0.15) is 0 Å². The summed E-state index contributed by atoms with van der Waals surface area (Å²) >= 11 is 0. The predicted octanol–water partition coefficient (Wildman–Crippen LogP) is 2.58. The minimum Gasteiger partial charge on any atom is -0.490 e. The lowest BCUT2D eigenvalue weighted by Crippen LogP contribution is -2.43. The van der Waals surface area contributed by atoms with Crippen molar-refractivity contribution in [2.75, 3.05) is 13.6 Å². The number of hydrogen-bond donors (Lipinski definition) is 1. The van der Waals surface area contributed by atoms with Gasteiger partial charge in [0.05, 0.1) is 0 Å². The second kappa shape index (κ2) is 6.15. The van der Waals surface area contributed by atoms with E-state index in [4.69, 9.17) is 10.5 Å². The molecule has 110 valence electrons. The first-order valence-corrected chi connectivity index (χ1v) is 7.94. The molecule has 2 N–H and O–H groups in total. The maximum atomic E-state index is 6.19. The zero-order valence-corrected chi connectivity index (χ0v) is 12.4. The van der Waals surface area contributed by atoms with E-state index in [9.17, 15) is 0 Å². The van der Waals surface area contributed by atoms with Crippen LogP contribution in [-0.2, 0) is 6.42 Å². The Bertz CT molecular complexity index is 417. The molecule has 2 saturated heterocycles. The van der Waals surface area contributed by atoms with Crippen LogP contribution >= 0.6 is 0 Å². The summed E-state index contributed by atoms with van der Waals surface area (Å²) in [6.07, 6.45) is 7.58. The van der Waals surface area contributed by atoms with Gasteiger partial charge in [-0.3, -0.25) is 0 Å². The van der Waals surface area contributed by atoms with Crippen LogP contribution in [0.3, 0.4) is 0 Å². The topological polar surface area (TPSA) is 38.5 Å². The molecule has 0 saturated carbocycles. The van der Waals surface area contributed by atoms with Crippen molar-refractivity contribution >= 4 is 0 Å². The third-order valence-electron chi connectivity index (χ3n) is 4.95. The fraction of sp³-hybridized carbons (Fsp3) is 0.647. The number of nitrogens with two attached hydrogens (primary N) is 1. The monoisotopic (exact) mass is 274 g/mol. The minimum atomic E-state index is 0.401. The zero-order valence-electron chi connectivity index (χ0n) is 12.4. The van der Waals surface area contributed by atoms with E-state index < -0.39 is 0 Å². The fourth-order valence-electron chi connectivity index (χ4n) is 3.69. The molecule has 2 heterocycles. The van der Waals surface area contributed by atoms with Gasteiger partial charge < -0.3 is 15.4 Å². The van der Waals surface area contributed by atoms with Crippen molar-refractivity contribution in [3.63, 3.8) is 0 Å². The van der Waals surface area contributed by atoms with Gasteiger partial charge in [0.1, 0.15) is 11.9 Å². The van der Waals surface area contributed by atoms with Crippen LogP contribution in [0, 0.1) is 0 Å². The molecule has 2 atom stereocenters. The number of nitrogens with zero attached hydrogens (tertiary/aromatic N) is 1. The van der Waals surface area contributed by atoms with Crippen molar-refractivity contribution in [1.82, 2.24) is 4.90 Å². The Labute approximate surface area is 122 Å². The van der Waals surface area contributed by atoms with Gasteiger partial charge in [0.2, 0.25) is 0 Å². The number of fused-ring (bicyclic) bond motifs is 2. The minimum absolute atomic E-state index is 0.401. The smallest absolute Gasteiger partial charge is 0.119 e. The van der Waals surface area contributed by atoms with Crippen molar-refractivity contribution in [1.29, 1.82) is 0 Å². The molecular weight excluding hydrogens is 248 g/mol. The van der Waals surface area contributed by atoms with E-state index in [1.807, 2.05) is 0 Å². The molecule has 3 heteroatoms. The SMILES string of the molecule is CN1C2CCC1CC(Oc1ccc(CCCN)cc1)C2. The predicted molar refractivity (Wildman–Crippen MR) is 82.0 cm³/mol. The zero-order chi connectivity index (χ0) is 13.9. The molecule has 0 aromatic heterocycles. The Hall–Kier alpha value is -1.06. The highest BCUT2D eigenvalue weighted by Crippen LogP contribution is 2.35. The molecule has 0 aliphatic carbocycles. The van der Waals surface area contributed by atoms with Crippen LogP contribution < -0.4 is 10.5 Å². The summed E-state index contributed by atoms with van der Waals surface area (Å²) in [6.45, 7) is 0.761. The summed E-state index contributed by atoms with van der Waals surface area (Å²) in [5, 5.41) is 0. The number of aryl methyl sites for hydroxylation is 1. The van der Waals surface area contributed by atoms with E-state index in [0.717, 1.165) is 37.2 Å². The van der Waals surface area contributed by atoms with E-state index >= 15 is 0 Å². The van der Waals surface area contributed by atoms with Crippen molar-refractivity contribution < 1.29 is 4.74 Å². The van der Waals surface area contributed by atoms with Crippen molar-refractivity contribution in [3.05, 3.63) is 29.8 Å². The summed E-state index contributed by atoms with van der Waals surface area (Å²) < 4.78 is 6.19. The lowest BCUT2D eigenvalue weighted by molar-refractivity contribution is 0.0661. The summed E-state index contributed by atoms with van der Waals surface area (Å²) in [7, 11) is 2.27. The van der Waals surface area contributed by atoms with Crippen LogP contribution in [-0.4, -0.2) is 36.7 Å². The molecule has 2 bridgehead atoms. The Kier molecular flexibility index (Phi) is 4.27. The first-order chi connectivity index (χ1) is 9.76. The Balaban J connectivity index is 1.56. The average molecular weight is 274 g/mol. The lowest BCUT2D eigenvalue weighted by Gasteiger charge is -2.36. The Morgan fingerprint density at radius 2 is 1.80 bits per heavy atom. The second-order valence-electron chi connectivity index (χ2n) is 6.30. The van der Waals surface area contributed by atoms with Crippen LogP contribution in [0.4, 0.5) is 0 Å². The maximum Gasteiger partial charge on any atom is 0.119 e. The molecule has 2 aliphatic rings. The van der Waals surface area contributed by atoms with Gasteiger partial charge in [0.15, 0.2) is 0 Å². The van der Waals surface area contributed by atoms with Crippen LogP contribution in [0.1, 0.15) is 37.7 Å². The first kappa shape index (κ1) is 13.9. The van der Waals surface area contributed by atoms with Crippen molar-refractivity contribution in [2.24, 2.45) is 5.73 Å². The van der Waals surface area contributed by atoms with Gasteiger partial charge in [-0.1, -0.05) is 12.1 Å². The van der Waals surface area contributed by atoms with Crippen molar-refractivity contribution in [3.8, 4) is 5.75 Å². The maximum absolute atomic E-state index is 6.19. The summed E-state index contributed by atoms with van der Waals surface area (Å²) in [5.74, 6) is 1.02. The van der Waals surface area contributed by atoms with Gasteiger partial charge in [0, 0.05) is 12.1 Å². The normalized spacial score (nSPS) is 29.6. The highest BCUT2D eigenvalue weighted by molar-refractivity contribution is 5.27. The highest BCUT2D eigenvalue weighted by atomic mass is 16.5. The molecular formula is C17H26N2O. The van der Waals surface area contributed by atoms with Crippen molar-refractivity contribution in [2.45, 2.75) is 56.7 Å². The molecule has 3 nitrogen and oxygen atoms in total. The molecule has 2 fully saturated rings. The molecule has 2 aliphatic heterocycles. The number of hydrogen-bond acceptors (Lipinski definition) is 3. The molecule has 3 rings (SSSR count). The fourth-order valence-corrected chi connectivity index (χ4v) is 3.69. The largest absolute Gasteiger partial charge is 0.490 e. The summed E-state index contributed by atoms with van der Waals surface area (Å²) in [4.78, 5) is 2.55. The van der Waals surface area contributed by atoms with Gasteiger partial charge in [-0.15, -0.1) is 0 Å². The Morgan fingerprint density at radius 1 is 1.15 bits per heavy atom. The first-order valence-electron chi connectivity index (χ1n) is 7.94. The standard InChI is InChI=1S/C17H26N2O/c1-19-14-6-7-15(19)12-17(11-14)20-16-8-4-13(5-9-16)3-2-10-18/h4-5,8-9,14-15,17H,2-3,6-7,10-12,18H2,1H3. The molecule has 0 spiro atoms. The lowest BCUT2D eigenvalue weighted by atomic mass is 10.0. The number of benzene rings is 1. The molecule has 2 unspecified atom stereocenters. The third-order valence-corrected chi connectivity index (χ3v) is 4.95. The van der Waals surface area contributed by atoms with E-state index in [0.29, 0.717) is 6.10 Å². The van der Waals surface area contributed by atoms with E-state index in [-0.39, 0.29) is 0 Å². The van der Waals surface area contributed by atoms with E-state index in [1.54, 1.807) is 0 Å². The Morgan fingerprint density at radius 3 is 2.40 bits per heavy atom. The van der Waals surface area contributed by atoms with Gasteiger partial charge in [-0.25, -0.2) is 0 Å². The molecule has 1 aromatic carbocycles. The highest BCUT2D eigenvalue weighted by Gasteiger charge is 2.39. The van der Waals surface area contributed by atoms with E-state index in [2.05, 4.69) is 36.2 Å². The van der Waals surface area contributed by atoms with E-state index in [1.165, 1.54) is 31.2 Å². The van der Waals surface area contributed by atoms with Gasteiger partial charge in [-0.05, 0) is 69.8 Å². The molecule has 0 amide bonds. The molecule has 20 heavy (non-hydrogen) atoms. The van der Waals surface area contributed by atoms with Gasteiger partial charge >= 0.3 is 0 Å².